The van der Waals surface area contributed by atoms with E-state index in [4.69, 9.17) is 10.2 Å². The Morgan fingerprint density at radius 2 is 2.12 bits per heavy atom. The van der Waals surface area contributed by atoms with Gasteiger partial charge >= 0.3 is 0 Å². The topological polar surface area (TPSA) is 71.5 Å². The number of likely N-dealkylation sites (tertiary alicyclic amines) is 1. The first kappa shape index (κ1) is 16.7. The van der Waals surface area contributed by atoms with Gasteiger partial charge in [0, 0.05) is 18.3 Å². The quantitative estimate of drug-likeness (QED) is 0.883. The summed E-state index contributed by atoms with van der Waals surface area (Å²) in [4.78, 5) is 14.7. The van der Waals surface area contributed by atoms with Crippen molar-refractivity contribution in [1.29, 1.82) is 0 Å². The Hall–Kier alpha value is -2.11. The van der Waals surface area contributed by atoms with Crippen LogP contribution in [0.4, 0.5) is 5.69 Å². The van der Waals surface area contributed by atoms with E-state index in [0.29, 0.717) is 17.4 Å². The van der Waals surface area contributed by atoms with Crippen molar-refractivity contribution in [3.63, 3.8) is 0 Å². The number of furan rings is 1. The highest BCUT2D eigenvalue weighted by Gasteiger charge is 2.18. The monoisotopic (exact) mass is 327 g/mol. The molecule has 1 saturated heterocycles. The van der Waals surface area contributed by atoms with E-state index < -0.39 is 0 Å². The van der Waals surface area contributed by atoms with Crippen LogP contribution in [0, 0.1) is 0 Å². The predicted octanol–water partition coefficient (Wildman–Crippen LogP) is 3.37. The molecular weight excluding hydrogens is 302 g/mol. The Morgan fingerprint density at radius 1 is 1.33 bits per heavy atom. The van der Waals surface area contributed by atoms with Crippen LogP contribution in [0.15, 0.2) is 41.0 Å². The third kappa shape index (κ3) is 4.04. The Kier molecular flexibility index (Phi) is 5.33. The SMILES string of the molecule is CC1CCCCN1Cc1ccc(NC(=O)c2coc(CN)c2)cc1. The molecule has 1 fully saturated rings. The molecule has 5 heteroatoms. The van der Waals surface area contributed by atoms with Crippen LogP contribution in [-0.2, 0) is 13.1 Å². The van der Waals surface area contributed by atoms with Crippen LogP contribution in [0.2, 0.25) is 0 Å². The largest absolute Gasteiger partial charge is 0.467 e. The standard InChI is InChI=1S/C19H25N3O2/c1-14-4-2-3-9-22(14)12-15-5-7-17(8-6-15)21-19(23)16-10-18(11-20)24-13-16/h5-8,10,13-14H,2-4,9,11-12,20H2,1H3,(H,21,23). The predicted molar refractivity (Wildman–Crippen MR) is 94.7 cm³/mol. The van der Waals surface area contributed by atoms with E-state index in [1.54, 1.807) is 6.07 Å². The number of carbonyl (C=O) groups excluding carboxylic acids is 1. The first-order valence-electron chi connectivity index (χ1n) is 8.57. The van der Waals surface area contributed by atoms with Crippen LogP contribution < -0.4 is 11.1 Å². The zero-order chi connectivity index (χ0) is 16.9. The summed E-state index contributed by atoms with van der Waals surface area (Å²) in [6.07, 6.45) is 5.34. The third-order valence-electron chi connectivity index (χ3n) is 4.66. The number of nitrogens with two attached hydrogens (primary N) is 1. The Bertz CT molecular complexity index is 678. The van der Waals surface area contributed by atoms with Gasteiger partial charge in [0.15, 0.2) is 0 Å². The lowest BCUT2D eigenvalue weighted by Gasteiger charge is -2.33. The number of nitrogens with one attached hydrogen (secondary N) is 1. The van der Waals surface area contributed by atoms with Crippen molar-refractivity contribution in [2.75, 3.05) is 11.9 Å². The van der Waals surface area contributed by atoms with Gasteiger partial charge in [0.05, 0.1) is 12.1 Å². The summed E-state index contributed by atoms with van der Waals surface area (Å²) in [5.41, 5.74) is 8.03. The average molecular weight is 327 g/mol. The van der Waals surface area contributed by atoms with Gasteiger partial charge in [-0.1, -0.05) is 18.6 Å². The summed E-state index contributed by atoms with van der Waals surface area (Å²) in [5.74, 6) is 0.419. The first-order valence-corrected chi connectivity index (χ1v) is 8.57. The first-order chi connectivity index (χ1) is 11.7. The lowest BCUT2D eigenvalue weighted by molar-refractivity contribution is 0.102. The fourth-order valence-corrected chi connectivity index (χ4v) is 3.13. The smallest absolute Gasteiger partial charge is 0.258 e. The number of benzene rings is 1. The highest BCUT2D eigenvalue weighted by atomic mass is 16.3. The summed E-state index contributed by atoms with van der Waals surface area (Å²) in [5, 5.41) is 2.88. The van der Waals surface area contributed by atoms with Gasteiger partial charge in [0.25, 0.3) is 5.91 Å². The lowest BCUT2D eigenvalue weighted by atomic mass is 10.0. The maximum atomic E-state index is 12.2. The van der Waals surface area contributed by atoms with Crippen LogP contribution in [0.25, 0.3) is 0 Å². The van der Waals surface area contributed by atoms with Gasteiger partial charge in [-0.25, -0.2) is 0 Å². The molecule has 1 unspecified atom stereocenters. The van der Waals surface area contributed by atoms with Gasteiger partial charge in [0.1, 0.15) is 12.0 Å². The molecule has 0 spiro atoms. The van der Waals surface area contributed by atoms with Gasteiger partial charge < -0.3 is 15.5 Å². The molecule has 2 heterocycles. The second-order valence-corrected chi connectivity index (χ2v) is 6.47. The van der Waals surface area contributed by atoms with E-state index in [-0.39, 0.29) is 12.5 Å². The molecule has 24 heavy (non-hydrogen) atoms. The van der Waals surface area contributed by atoms with Crippen molar-refractivity contribution in [1.82, 2.24) is 4.90 Å². The summed E-state index contributed by atoms with van der Waals surface area (Å²) in [7, 11) is 0. The molecule has 128 valence electrons. The number of rotatable bonds is 5. The third-order valence-corrected chi connectivity index (χ3v) is 4.66. The molecule has 1 atom stereocenters. The van der Waals surface area contributed by atoms with Crippen molar-refractivity contribution < 1.29 is 9.21 Å². The molecule has 1 aliphatic heterocycles. The Balaban J connectivity index is 1.58. The number of piperidine rings is 1. The number of hydrogen-bond acceptors (Lipinski definition) is 4. The summed E-state index contributed by atoms with van der Waals surface area (Å²) in [6, 6.07) is 10.4. The lowest BCUT2D eigenvalue weighted by Crippen LogP contribution is -2.36. The molecule has 2 aromatic rings. The minimum atomic E-state index is -0.184. The van der Waals surface area contributed by atoms with E-state index >= 15 is 0 Å². The van der Waals surface area contributed by atoms with Crippen LogP contribution in [0.5, 0.6) is 0 Å². The van der Waals surface area contributed by atoms with Crippen LogP contribution in [0.1, 0.15) is 47.9 Å². The maximum Gasteiger partial charge on any atom is 0.258 e. The van der Waals surface area contributed by atoms with Gasteiger partial charge in [-0.2, -0.15) is 0 Å². The zero-order valence-corrected chi connectivity index (χ0v) is 14.1. The fraction of sp³-hybridized carbons (Fsp3) is 0.421. The fourth-order valence-electron chi connectivity index (χ4n) is 3.13. The highest BCUT2D eigenvalue weighted by molar-refractivity contribution is 6.04. The van der Waals surface area contributed by atoms with Crippen molar-refractivity contribution in [2.24, 2.45) is 5.73 Å². The summed E-state index contributed by atoms with van der Waals surface area (Å²) < 4.78 is 5.19. The minimum Gasteiger partial charge on any atom is -0.467 e. The average Bonchev–Trinajstić information content (AvgIpc) is 3.08. The van der Waals surface area contributed by atoms with E-state index in [1.165, 1.54) is 37.6 Å². The normalized spacial score (nSPS) is 18.5. The van der Waals surface area contributed by atoms with Gasteiger partial charge in [-0.3, -0.25) is 9.69 Å². The van der Waals surface area contributed by atoms with E-state index in [1.807, 2.05) is 12.1 Å². The molecule has 1 aliphatic rings. The van der Waals surface area contributed by atoms with Gasteiger partial charge in [0.2, 0.25) is 0 Å². The van der Waals surface area contributed by atoms with Gasteiger partial charge in [-0.05, 0) is 50.1 Å². The molecule has 3 rings (SSSR count). The van der Waals surface area contributed by atoms with Crippen LogP contribution >= 0.6 is 0 Å². The van der Waals surface area contributed by atoms with E-state index in [9.17, 15) is 4.79 Å². The molecule has 1 aromatic heterocycles. The number of anilines is 1. The number of nitrogens with zero attached hydrogens (tertiary/aromatic N) is 1. The van der Waals surface area contributed by atoms with E-state index in [0.717, 1.165) is 12.2 Å². The Labute approximate surface area is 142 Å². The second-order valence-electron chi connectivity index (χ2n) is 6.47. The van der Waals surface area contributed by atoms with Crippen molar-refractivity contribution in [3.8, 4) is 0 Å². The van der Waals surface area contributed by atoms with E-state index in [2.05, 4.69) is 29.3 Å². The van der Waals surface area contributed by atoms with Crippen molar-refractivity contribution in [3.05, 3.63) is 53.5 Å². The summed E-state index contributed by atoms with van der Waals surface area (Å²) >= 11 is 0. The zero-order valence-electron chi connectivity index (χ0n) is 14.1. The maximum absolute atomic E-state index is 12.2. The number of hydrogen-bond donors (Lipinski definition) is 2. The molecule has 0 bridgehead atoms. The molecule has 0 radical (unpaired) electrons. The molecule has 3 N–H and O–H groups in total. The van der Waals surface area contributed by atoms with Crippen molar-refractivity contribution >= 4 is 11.6 Å². The Morgan fingerprint density at radius 3 is 2.79 bits per heavy atom. The molecule has 0 saturated carbocycles. The molecular formula is C19H25N3O2. The highest BCUT2D eigenvalue weighted by Crippen LogP contribution is 2.20. The molecule has 0 aliphatic carbocycles. The van der Waals surface area contributed by atoms with Gasteiger partial charge in [-0.15, -0.1) is 0 Å². The van der Waals surface area contributed by atoms with Crippen LogP contribution in [-0.4, -0.2) is 23.4 Å². The molecule has 1 amide bonds. The molecule has 1 aromatic carbocycles. The minimum absolute atomic E-state index is 0.184. The second kappa shape index (κ2) is 7.64. The number of amides is 1. The number of carbonyl (C=O) groups is 1. The van der Waals surface area contributed by atoms with Crippen molar-refractivity contribution in [2.45, 2.75) is 45.3 Å². The summed E-state index contributed by atoms with van der Waals surface area (Å²) in [6.45, 7) is 4.73. The molecule has 5 nitrogen and oxygen atoms in total. The van der Waals surface area contributed by atoms with Crippen LogP contribution in [0.3, 0.4) is 0 Å².